The van der Waals surface area contributed by atoms with Crippen LogP contribution in [0.2, 0.25) is 0 Å². The average molecular weight is 210 g/mol. The molecule has 0 amide bonds. The maximum absolute atomic E-state index is 11.0. The number of carbonyl (C=O) groups is 1. The lowest BCUT2D eigenvalue weighted by atomic mass is 9.96. The van der Waals surface area contributed by atoms with Crippen LogP contribution in [0, 0.1) is 17.2 Å². The minimum absolute atomic E-state index is 0.0390. The second kappa shape index (κ2) is 6.41. The fraction of sp³-hybridized carbons (Fsp3) is 0.818. The topological polar surface area (TPSA) is 62.1 Å². The van der Waals surface area contributed by atoms with E-state index in [4.69, 9.17) is 5.26 Å². The number of carbonyl (C=O) groups excluding carboxylic acids is 1. The summed E-state index contributed by atoms with van der Waals surface area (Å²) < 4.78 is 4.56. The molecule has 0 bridgehead atoms. The lowest BCUT2D eigenvalue weighted by Crippen LogP contribution is -2.38. The highest BCUT2D eigenvalue weighted by atomic mass is 16.5. The number of nitrogens with zero attached hydrogens (tertiary/aromatic N) is 1. The van der Waals surface area contributed by atoms with Crippen LogP contribution in [-0.4, -0.2) is 25.7 Å². The quantitative estimate of drug-likeness (QED) is 0.562. The van der Waals surface area contributed by atoms with Gasteiger partial charge in [0.25, 0.3) is 0 Å². The smallest absolute Gasteiger partial charge is 0.319 e. The van der Waals surface area contributed by atoms with Crippen molar-refractivity contribution in [2.24, 2.45) is 5.92 Å². The van der Waals surface area contributed by atoms with Crippen LogP contribution in [0.1, 0.15) is 32.1 Å². The van der Waals surface area contributed by atoms with Crippen LogP contribution in [0.4, 0.5) is 0 Å². The molecule has 15 heavy (non-hydrogen) atoms. The molecule has 0 aromatic rings. The van der Waals surface area contributed by atoms with Gasteiger partial charge in [-0.25, -0.2) is 0 Å². The molecule has 1 saturated carbocycles. The first-order valence-corrected chi connectivity index (χ1v) is 5.47. The molecule has 0 saturated heterocycles. The zero-order chi connectivity index (χ0) is 11.1. The van der Waals surface area contributed by atoms with E-state index in [1.807, 2.05) is 0 Å². The van der Waals surface area contributed by atoms with Crippen LogP contribution in [0.15, 0.2) is 0 Å². The van der Waals surface area contributed by atoms with Crippen LogP contribution >= 0.6 is 0 Å². The first kappa shape index (κ1) is 12.0. The van der Waals surface area contributed by atoms with E-state index in [2.05, 4.69) is 16.1 Å². The van der Waals surface area contributed by atoms with Gasteiger partial charge in [0.15, 0.2) is 0 Å². The number of hydrogen-bond acceptors (Lipinski definition) is 4. The number of ether oxygens (including phenoxy) is 1. The number of methoxy groups -OCH3 is 1. The van der Waals surface area contributed by atoms with Crippen molar-refractivity contribution in [3.8, 4) is 6.07 Å². The largest absolute Gasteiger partial charge is 0.468 e. The Labute approximate surface area is 90.6 Å². The van der Waals surface area contributed by atoms with Crippen LogP contribution in [0.3, 0.4) is 0 Å². The standard InChI is InChI=1S/C11H18N2O2/c1-15-11(14)8-13-10-6-4-2-3-5-9(10)7-12/h9-10,13H,2-6,8H2,1H3. The normalized spacial score (nSPS) is 26.4. The molecule has 0 spiro atoms. The monoisotopic (exact) mass is 210 g/mol. The van der Waals surface area contributed by atoms with Gasteiger partial charge in [0, 0.05) is 6.04 Å². The van der Waals surface area contributed by atoms with E-state index in [9.17, 15) is 4.79 Å². The van der Waals surface area contributed by atoms with E-state index in [0.29, 0.717) is 0 Å². The zero-order valence-electron chi connectivity index (χ0n) is 9.16. The van der Waals surface area contributed by atoms with Crippen molar-refractivity contribution in [2.45, 2.75) is 38.1 Å². The van der Waals surface area contributed by atoms with E-state index in [-0.39, 0.29) is 24.5 Å². The van der Waals surface area contributed by atoms with E-state index in [0.717, 1.165) is 25.7 Å². The van der Waals surface area contributed by atoms with Gasteiger partial charge in [-0.1, -0.05) is 19.3 Å². The van der Waals surface area contributed by atoms with E-state index >= 15 is 0 Å². The Bertz CT molecular complexity index is 247. The summed E-state index contributed by atoms with van der Waals surface area (Å²) in [5.74, 6) is -0.229. The molecule has 0 aliphatic heterocycles. The third-order valence-electron chi connectivity index (χ3n) is 2.92. The SMILES string of the molecule is COC(=O)CNC1CCCCCC1C#N. The van der Waals surface area contributed by atoms with Crippen molar-refractivity contribution in [3.05, 3.63) is 0 Å². The predicted molar refractivity (Wildman–Crippen MR) is 56.0 cm³/mol. The molecule has 1 N–H and O–H groups in total. The lowest BCUT2D eigenvalue weighted by Gasteiger charge is -2.19. The van der Waals surface area contributed by atoms with Crippen molar-refractivity contribution < 1.29 is 9.53 Å². The van der Waals surface area contributed by atoms with Crippen LogP contribution < -0.4 is 5.32 Å². The summed E-state index contributed by atoms with van der Waals surface area (Å²) in [4.78, 5) is 11.0. The van der Waals surface area contributed by atoms with Gasteiger partial charge in [0.2, 0.25) is 0 Å². The predicted octanol–water partition coefficient (Wildman–Crippen LogP) is 1.22. The van der Waals surface area contributed by atoms with Gasteiger partial charge in [-0.05, 0) is 12.8 Å². The Balaban J connectivity index is 2.42. The summed E-state index contributed by atoms with van der Waals surface area (Å²) in [6.07, 6.45) is 5.37. The lowest BCUT2D eigenvalue weighted by molar-refractivity contribution is -0.139. The Hall–Kier alpha value is -1.08. The summed E-state index contributed by atoms with van der Waals surface area (Å²) in [5, 5.41) is 12.1. The molecule has 2 atom stereocenters. The number of nitriles is 1. The van der Waals surface area contributed by atoms with Crippen LogP contribution in [0.5, 0.6) is 0 Å². The molecule has 4 heteroatoms. The summed E-state index contributed by atoms with van der Waals surface area (Å²) in [6.45, 7) is 0.208. The van der Waals surface area contributed by atoms with E-state index in [1.54, 1.807) is 0 Å². The van der Waals surface area contributed by atoms with Crippen molar-refractivity contribution in [1.82, 2.24) is 5.32 Å². The highest BCUT2D eigenvalue weighted by Crippen LogP contribution is 2.22. The number of hydrogen-bond donors (Lipinski definition) is 1. The average Bonchev–Trinajstić information content (AvgIpc) is 2.50. The van der Waals surface area contributed by atoms with Gasteiger partial charge in [-0.2, -0.15) is 5.26 Å². The first-order valence-electron chi connectivity index (χ1n) is 5.47. The van der Waals surface area contributed by atoms with Crippen molar-refractivity contribution >= 4 is 5.97 Å². The van der Waals surface area contributed by atoms with Gasteiger partial charge >= 0.3 is 5.97 Å². The van der Waals surface area contributed by atoms with Gasteiger partial charge in [-0.15, -0.1) is 0 Å². The number of nitrogens with one attached hydrogen (secondary N) is 1. The molecule has 0 heterocycles. The van der Waals surface area contributed by atoms with Gasteiger partial charge < -0.3 is 10.1 Å². The third kappa shape index (κ3) is 3.88. The first-order chi connectivity index (χ1) is 7.27. The molecule has 4 nitrogen and oxygen atoms in total. The molecular formula is C11H18N2O2. The molecular weight excluding hydrogens is 192 g/mol. The second-order valence-electron chi connectivity index (χ2n) is 3.94. The minimum atomic E-state index is -0.268. The number of rotatable bonds is 3. The van der Waals surface area contributed by atoms with Crippen molar-refractivity contribution in [1.29, 1.82) is 5.26 Å². The van der Waals surface area contributed by atoms with Gasteiger partial charge in [-0.3, -0.25) is 4.79 Å². The highest BCUT2D eigenvalue weighted by molar-refractivity contribution is 5.71. The molecule has 1 fully saturated rings. The third-order valence-corrected chi connectivity index (χ3v) is 2.92. The van der Waals surface area contributed by atoms with E-state index < -0.39 is 0 Å². The molecule has 0 aromatic heterocycles. The molecule has 1 aliphatic carbocycles. The second-order valence-corrected chi connectivity index (χ2v) is 3.94. The van der Waals surface area contributed by atoms with Gasteiger partial charge in [0.1, 0.15) is 0 Å². The Kier molecular flexibility index (Phi) is 5.13. The molecule has 0 aromatic carbocycles. The molecule has 0 radical (unpaired) electrons. The number of esters is 1. The van der Waals surface area contributed by atoms with Crippen molar-refractivity contribution in [2.75, 3.05) is 13.7 Å². The Morgan fingerprint density at radius 2 is 2.20 bits per heavy atom. The highest BCUT2D eigenvalue weighted by Gasteiger charge is 2.23. The fourth-order valence-electron chi connectivity index (χ4n) is 1.99. The Morgan fingerprint density at radius 1 is 1.47 bits per heavy atom. The maximum Gasteiger partial charge on any atom is 0.319 e. The van der Waals surface area contributed by atoms with Gasteiger partial charge in [0.05, 0.1) is 25.6 Å². The summed E-state index contributed by atoms with van der Waals surface area (Å²) in [6, 6.07) is 2.47. The maximum atomic E-state index is 11.0. The molecule has 1 aliphatic rings. The van der Waals surface area contributed by atoms with Crippen LogP contribution in [0.25, 0.3) is 0 Å². The molecule has 1 rings (SSSR count). The molecule has 2 unspecified atom stereocenters. The van der Waals surface area contributed by atoms with E-state index in [1.165, 1.54) is 13.5 Å². The summed E-state index contributed by atoms with van der Waals surface area (Å²) in [5.41, 5.74) is 0. The van der Waals surface area contributed by atoms with Crippen LogP contribution in [-0.2, 0) is 9.53 Å². The minimum Gasteiger partial charge on any atom is -0.468 e. The van der Waals surface area contributed by atoms with Crippen molar-refractivity contribution in [3.63, 3.8) is 0 Å². The fourth-order valence-corrected chi connectivity index (χ4v) is 1.99. The summed E-state index contributed by atoms with van der Waals surface area (Å²) in [7, 11) is 1.37. The summed E-state index contributed by atoms with van der Waals surface area (Å²) >= 11 is 0. The Morgan fingerprint density at radius 3 is 2.87 bits per heavy atom. The zero-order valence-corrected chi connectivity index (χ0v) is 9.16. The molecule has 84 valence electrons.